The van der Waals surface area contributed by atoms with E-state index >= 15 is 0 Å². The first-order valence-corrected chi connectivity index (χ1v) is 8.12. The predicted molar refractivity (Wildman–Crippen MR) is 89.1 cm³/mol. The summed E-state index contributed by atoms with van der Waals surface area (Å²) in [5.74, 6) is -0.103. The number of halogens is 1. The molecule has 2 atom stereocenters. The van der Waals surface area contributed by atoms with Gasteiger partial charge in [0.15, 0.2) is 0 Å². The fourth-order valence-corrected chi connectivity index (χ4v) is 3.16. The Hall–Kier alpha value is -1.62. The molecule has 0 saturated carbocycles. The molecule has 1 aliphatic rings. The Labute approximate surface area is 138 Å². The number of carbonyl (C=O) groups is 1. The number of rotatable bonds is 2. The Morgan fingerprint density at radius 1 is 1.39 bits per heavy atom. The van der Waals surface area contributed by atoms with Crippen LogP contribution in [0.1, 0.15) is 44.2 Å². The van der Waals surface area contributed by atoms with Crippen LogP contribution >= 0.6 is 0 Å². The molecule has 1 N–H and O–H groups in total. The summed E-state index contributed by atoms with van der Waals surface area (Å²) in [4.78, 5) is 14.1. The van der Waals surface area contributed by atoms with Crippen LogP contribution in [0, 0.1) is 12.7 Å². The van der Waals surface area contributed by atoms with Crippen LogP contribution in [0.25, 0.3) is 0 Å². The van der Waals surface area contributed by atoms with Crippen LogP contribution in [0.4, 0.5) is 9.18 Å². The van der Waals surface area contributed by atoms with Gasteiger partial charge in [0.1, 0.15) is 11.4 Å². The fraction of sp³-hybridized carbons (Fsp3) is 0.611. The molecular weight excluding hydrogens is 295 g/mol. The van der Waals surface area contributed by atoms with Gasteiger partial charge in [0, 0.05) is 25.0 Å². The standard InChI is InChI=1S/C18H27FN2O2/c1-12-10-13(19)6-7-14(12)15-11-21(9-8-16(15)20-5)17(22)23-18(2,3)4/h6-7,10,15-16,20H,8-9,11H2,1-5H3/t15-,16+/m0/s1. The number of amides is 1. The molecular formula is C18H27FN2O2. The summed E-state index contributed by atoms with van der Waals surface area (Å²) in [7, 11) is 1.93. The van der Waals surface area contributed by atoms with Gasteiger partial charge >= 0.3 is 6.09 Å². The van der Waals surface area contributed by atoms with Crippen LogP contribution in [-0.4, -0.2) is 42.8 Å². The second-order valence-electron chi connectivity index (χ2n) is 7.22. The van der Waals surface area contributed by atoms with Gasteiger partial charge < -0.3 is 15.0 Å². The molecule has 5 heteroatoms. The van der Waals surface area contributed by atoms with Crippen molar-refractivity contribution in [1.29, 1.82) is 0 Å². The Balaban J connectivity index is 2.20. The number of nitrogens with one attached hydrogen (secondary N) is 1. The van der Waals surface area contributed by atoms with Crippen molar-refractivity contribution < 1.29 is 13.9 Å². The predicted octanol–water partition coefficient (Wildman–Crippen LogP) is 3.45. The van der Waals surface area contributed by atoms with Gasteiger partial charge in [-0.1, -0.05) is 6.07 Å². The molecule has 0 bridgehead atoms. The fourth-order valence-electron chi connectivity index (χ4n) is 3.16. The van der Waals surface area contributed by atoms with Crippen molar-refractivity contribution in [2.45, 2.75) is 51.7 Å². The largest absolute Gasteiger partial charge is 0.444 e. The van der Waals surface area contributed by atoms with E-state index in [1.54, 1.807) is 11.0 Å². The van der Waals surface area contributed by atoms with Gasteiger partial charge in [-0.3, -0.25) is 0 Å². The SMILES string of the molecule is CN[C@@H]1CCN(C(=O)OC(C)(C)C)C[C@H]1c1ccc(F)cc1C. The molecule has 1 aromatic rings. The number of likely N-dealkylation sites (N-methyl/N-ethyl adjacent to an activating group) is 1. The monoisotopic (exact) mass is 322 g/mol. The maximum atomic E-state index is 13.4. The number of hydrogen-bond donors (Lipinski definition) is 1. The molecule has 2 rings (SSSR count). The lowest BCUT2D eigenvalue weighted by Gasteiger charge is -2.39. The Bertz CT molecular complexity index is 569. The summed E-state index contributed by atoms with van der Waals surface area (Å²) >= 11 is 0. The molecule has 0 radical (unpaired) electrons. The van der Waals surface area contributed by atoms with Crippen molar-refractivity contribution in [2.24, 2.45) is 0 Å². The zero-order chi connectivity index (χ0) is 17.2. The average molecular weight is 322 g/mol. The molecule has 128 valence electrons. The van der Waals surface area contributed by atoms with Crippen molar-refractivity contribution in [3.8, 4) is 0 Å². The summed E-state index contributed by atoms with van der Waals surface area (Å²) in [5, 5.41) is 3.33. The van der Waals surface area contributed by atoms with Gasteiger partial charge in [-0.25, -0.2) is 9.18 Å². The number of carbonyl (C=O) groups excluding carboxylic acids is 1. The molecule has 0 aromatic heterocycles. The first-order valence-electron chi connectivity index (χ1n) is 8.12. The summed E-state index contributed by atoms with van der Waals surface area (Å²) in [6.45, 7) is 8.76. The van der Waals surface area contributed by atoms with E-state index < -0.39 is 5.60 Å². The number of benzene rings is 1. The maximum absolute atomic E-state index is 13.4. The minimum atomic E-state index is -0.502. The van der Waals surface area contributed by atoms with Gasteiger partial charge in [-0.05, 0) is 64.4 Å². The molecule has 1 saturated heterocycles. The van der Waals surface area contributed by atoms with Crippen molar-refractivity contribution in [3.63, 3.8) is 0 Å². The molecule has 1 amide bonds. The van der Waals surface area contributed by atoms with Crippen molar-refractivity contribution in [1.82, 2.24) is 10.2 Å². The molecule has 1 aromatic carbocycles. The van der Waals surface area contributed by atoms with E-state index in [1.807, 2.05) is 40.8 Å². The number of likely N-dealkylation sites (tertiary alicyclic amines) is 1. The van der Waals surface area contributed by atoms with Gasteiger partial charge in [-0.15, -0.1) is 0 Å². The summed E-state index contributed by atoms with van der Waals surface area (Å²) in [5.41, 5.74) is 1.50. The number of piperidine rings is 1. The molecule has 0 aliphatic carbocycles. The third-order valence-corrected chi connectivity index (χ3v) is 4.27. The third kappa shape index (κ3) is 4.44. The summed E-state index contributed by atoms with van der Waals surface area (Å²) in [6, 6.07) is 5.13. The van der Waals surface area contributed by atoms with E-state index in [2.05, 4.69) is 5.32 Å². The molecule has 1 aliphatic heterocycles. The Morgan fingerprint density at radius 3 is 2.65 bits per heavy atom. The number of ether oxygens (including phenoxy) is 1. The maximum Gasteiger partial charge on any atom is 0.410 e. The minimum absolute atomic E-state index is 0.127. The molecule has 1 fully saturated rings. The van der Waals surface area contributed by atoms with E-state index in [0.29, 0.717) is 13.1 Å². The normalized spacial score (nSPS) is 22.1. The molecule has 0 spiro atoms. The van der Waals surface area contributed by atoms with Gasteiger partial charge in [0.05, 0.1) is 0 Å². The van der Waals surface area contributed by atoms with E-state index in [1.165, 1.54) is 6.07 Å². The highest BCUT2D eigenvalue weighted by molar-refractivity contribution is 5.68. The zero-order valence-electron chi connectivity index (χ0n) is 14.6. The van der Waals surface area contributed by atoms with Gasteiger partial charge in [-0.2, -0.15) is 0 Å². The average Bonchev–Trinajstić information content (AvgIpc) is 2.45. The number of hydrogen-bond acceptors (Lipinski definition) is 3. The second kappa shape index (κ2) is 6.87. The highest BCUT2D eigenvalue weighted by atomic mass is 19.1. The quantitative estimate of drug-likeness (QED) is 0.907. The Morgan fingerprint density at radius 2 is 2.09 bits per heavy atom. The van der Waals surface area contributed by atoms with E-state index in [0.717, 1.165) is 17.5 Å². The van der Waals surface area contributed by atoms with Crippen molar-refractivity contribution >= 4 is 6.09 Å². The van der Waals surface area contributed by atoms with E-state index in [9.17, 15) is 9.18 Å². The smallest absolute Gasteiger partial charge is 0.410 e. The second-order valence-corrected chi connectivity index (χ2v) is 7.22. The van der Waals surface area contributed by atoms with Crippen LogP contribution in [0.5, 0.6) is 0 Å². The first kappa shape index (κ1) is 17.7. The highest BCUT2D eigenvalue weighted by Gasteiger charge is 2.34. The van der Waals surface area contributed by atoms with Crippen LogP contribution in [0.15, 0.2) is 18.2 Å². The van der Waals surface area contributed by atoms with Gasteiger partial charge in [0.2, 0.25) is 0 Å². The third-order valence-electron chi connectivity index (χ3n) is 4.27. The lowest BCUT2D eigenvalue weighted by Crippen LogP contribution is -2.50. The number of aryl methyl sites for hydroxylation is 1. The Kier molecular flexibility index (Phi) is 5.30. The van der Waals surface area contributed by atoms with E-state index in [4.69, 9.17) is 4.74 Å². The van der Waals surface area contributed by atoms with Crippen molar-refractivity contribution in [2.75, 3.05) is 20.1 Å². The molecule has 4 nitrogen and oxygen atoms in total. The van der Waals surface area contributed by atoms with Crippen LogP contribution in [0.3, 0.4) is 0 Å². The van der Waals surface area contributed by atoms with Crippen LogP contribution in [0.2, 0.25) is 0 Å². The highest BCUT2D eigenvalue weighted by Crippen LogP contribution is 2.30. The number of nitrogens with zero attached hydrogens (tertiary/aromatic N) is 1. The topological polar surface area (TPSA) is 41.6 Å². The minimum Gasteiger partial charge on any atom is -0.444 e. The summed E-state index contributed by atoms with van der Waals surface area (Å²) < 4.78 is 18.9. The molecule has 23 heavy (non-hydrogen) atoms. The molecule has 0 unspecified atom stereocenters. The summed E-state index contributed by atoms with van der Waals surface area (Å²) in [6.07, 6.45) is 0.564. The van der Waals surface area contributed by atoms with E-state index in [-0.39, 0.29) is 23.9 Å². The van der Waals surface area contributed by atoms with Crippen LogP contribution in [-0.2, 0) is 4.74 Å². The van der Waals surface area contributed by atoms with Crippen LogP contribution < -0.4 is 5.32 Å². The van der Waals surface area contributed by atoms with Gasteiger partial charge in [0.25, 0.3) is 0 Å². The molecule has 1 heterocycles. The lowest BCUT2D eigenvalue weighted by molar-refractivity contribution is 0.0177. The van der Waals surface area contributed by atoms with Crippen molar-refractivity contribution in [3.05, 3.63) is 35.1 Å². The zero-order valence-corrected chi connectivity index (χ0v) is 14.6. The lowest BCUT2D eigenvalue weighted by atomic mass is 9.84. The first-order chi connectivity index (χ1) is 10.7.